The van der Waals surface area contributed by atoms with Crippen molar-refractivity contribution in [1.82, 2.24) is 9.88 Å². The number of hydrogen-bond donors (Lipinski definition) is 1. The van der Waals surface area contributed by atoms with Gasteiger partial charge in [-0.25, -0.2) is 0 Å². The number of pyridine rings is 1. The molecule has 2 heterocycles. The topological polar surface area (TPSA) is 54.5 Å². The Labute approximate surface area is 177 Å². The summed E-state index contributed by atoms with van der Waals surface area (Å²) in [4.78, 5) is 19.3. The zero-order valence-corrected chi connectivity index (χ0v) is 17.0. The van der Waals surface area contributed by atoms with E-state index in [1.54, 1.807) is 12.4 Å². The lowest BCUT2D eigenvalue weighted by molar-refractivity contribution is -0.122. The van der Waals surface area contributed by atoms with Crippen LogP contribution in [0.15, 0.2) is 79.1 Å². The van der Waals surface area contributed by atoms with Gasteiger partial charge in [0.05, 0.1) is 12.2 Å². The maximum Gasteiger partial charge on any atom is 0.241 e. The summed E-state index contributed by atoms with van der Waals surface area (Å²) in [6.07, 6.45) is 7.49. The van der Waals surface area contributed by atoms with Gasteiger partial charge in [-0.05, 0) is 67.8 Å². The molecule has 30 heavy (non-hydrogen) atoms. The van der Waals surface area contributed by atoms with Gasteiger partial charge in [0.2, 0.25) is 5.91 Å². The van der Waals surface area contributed by atoms with Gasteiger partial charge in [0.15, 0.2) is 0 Å². The molecule has 4 rings (SSSR count). The minimum atomic E-state index is -0.0752. The van der Waals surface area contributed by atoms with Crippen LogP contribution in [0.5, 0.6) is 11.5 Å². The van der Waals surface area contributed by atoms with Crippen LogP contribution in [0.1, 0.15) is 24.8 Å². The first-order valence-corrected chi connectivity index (χ1v) is 10.5. The van der Waals surface area contributed by atoms with Gasteiger partial charge in [-0.1, -0.05) is 36.8 Å². The second kappa shape index (κ2) is 10.0. The van der Waals surface area contributed by atoms with Gasteiger partial charge in [-0.3, -0.25) is 14.7 Å². The standard InChI is InChI=1S/C25H27N3O2/c29-25(24-10-4-5-17-28(24)18-15-20-7-2-1-3-8-20)27-21-11-13-22(14-12-21)30-23-9-6-16-26-19-23/h1-3,6-9,11-14,16,19,24H,4-5,10,15,17-18H2,(H,27,29)/t24-/m0/s1. The summed E-state index contributed by atoms with van der Waals surface area (Å²) in [5, 5.41) is 3.08. The number of carbonyl (C=O) groups is 1. The third kappa shape index (κ3) is 5.45. The van der Waals surface area contributed by atoms with Crippen molar-refractivity contribution in [3.63, 3.8) is 0 Å². The number of benzene rings is 2. The number of piperidine rings is 1. The fourth-order valence-electron chi connectivity index (χ4n) is 3.85. The number of hydrogen-bond acceptors (Lipinski definition) is 4. The fourth-order valence-corrected chi connectivity index (χ4v) is 3.85. The summed E-state index contributed by atoms with van der Waals surface area (Å²) >= 11 is 0. The molecule has 154 valence electrons. The molecule has 1 atom stereocenters. The predicted molar refractivity (Wildman–Crippen MR) is 119 cm³/mol. The van der Waals surface area contributed by atoms with E-state index in [-0.39, 0.29) is 11.9 Å². The zero-order chi connectivity index (χ0) is 20.6. The minimum absolute atomic E-state index is 0.0729. The molecular weight excluding hydrogens is 374 g/mol. The van der Waals surface area contributed by atoms with Crippen LogP contribution in [0.3, 0.4) is 0 Å². The largest absolute Gasteiger partial charge is 0.456 e. The summed E-state index contributed by atoms with van der Waals surface area (Å²) in [6, 6.07) is 21.5. The molecule has 0 aliphatic carbocycles. The van der Waals surface area contributed by atoms with E-state index in [4.69, 9.17) is 4.74 Å². The molecule has 1 N–H and O–H groups in total. The summed E-state index contributed by atoms with van der Waals surface area (Å²) in [5.74, 6) is 1.47. The zero-order valence-electron chi connectivity index (χ0n) is 17.0. The third-order valence-corrected chi connectivity index (χ3v) is 5.44. The van der Waals surface area contributed by atoms with E-state index >= 15 is 0 Å². The molecule has 1 aliphatic heterocycles. The van der Waals surface area contributed by atoms with Crippen LogP contribution in [-0.2, 0) is 11.2 Å². The number of amides is 1. The van der Waals surface area contributed by atoms with Crippen molar-refractivity contribution in [1.29, 1.82) is 0 Å². The predicted octanol–water partition coefficient (Wildman–Crippen LogP) is 4.91. The number of anilines is 1. The summed E-state index contributed by atoms with van der Waals surface area (Å²) in [5.41, 5.74) is 2.10. The van der Waals surface area contributed by atoms with E-state index in [0.29, 0.717) is 11.5 Å². The molecule has 0 radical (unpaired) electrons. The lowest BCUT2D eigenvalue weighted by atomic mass is 10.00. The molecule has 5 nitrogen and oxygen atoms in total. The second-order valence-corrected chi connectivity index (χ2v) is 7.59. The highest BCUT2D eigenvalue weighted by Crippen LogP contribution is 2.23. The second-order valence-electron chi connectivity index (χ2n) is 7.59. The van der Waals surface area contributed by atoms with Gasteiger partial charge in [0.1, 0.15) is 11.5 Å². The van der Waals surface area contributed by atoms with E-state index < -0.39 is 0 Å². The number of aromatic nitrogens is 1. The highest BCUT2D eigenvalue weighted by atomic mass is 16.5. The van der Waals surface area contributed by atoms with Crippen molar-refractivity contribution in [3.05, 3.63) is 84.7 Å². The Morgan fingerprint density at radius 3 is 2.60 bits per heavy atom. The Bertz CT molecular complexity index is 930. The highest BCUT2D eigenvalue weighted by molar-refractivity contribution is 5.94. The molecule has 2 aromatic carbocycles. The first-order chi connectivity index (χ1) is 14.8. The third-order valence-electron chi connectivity index (χ3n) is 5.44. The lowest BCUT2D eigenvalue weighted by Crippen LogP contribution is -2.47. The number of nitrogens with one attached hydrogen (secondary N) is 1. The van der Waals surface area contributed by atoms with Crippen LogP contribution >= 0.6 is 0 Å². The van der Waals surface area contributed by atoms with Crippen LogP contribution < -0.4 is 10.1 Å². The Hall–Kier alpha value is -3.18. The average Bonchev–Trinajstić information content (AvgIpc) is 2.80. The highest BCUT2D eigenvalue weighted by Gasteiger charge is 2.28. The number of likely N-dealkylation sites (tertiary alicyclic amines) is 1. The average molecular weight is 402 g/mol. The van der Waals surface area contributed by atoms with E-state index in [2.05, 4.69) is 39.5 Å². The maximum atomic E-state index is 13.0. The molecule has 1 fully saturated rings. The molecule has 1 aromatic heterocycles. The summed E-state index contributed by atoms with van der Waals surface area (Å²) in [6.45, 7) is 1.88. The normalized spacial score (nSPS) is 16.7. The molecule has 1 aliphatic rings. The van der Waals surface area contributed by atoms with Crippen molar-refractivity contribution in [2.45, 2.75) is 31.7 Å². The van der Waals surface area contributed by atoms with Crippen molar-refractivity contribution in [2.24, 2.45) is 0 Å². The van der Waals surface area contributed by atoms with Crippen molar-refractivity contribution in [2.75, 3.05) is 18.4 Å². The van der Waals surface area contributed by atoms with Crippen LogP contribution in [0, 0.1) is 0 Å². The molecule has 0 unspecified atom stereocenters. The molecular formula is C25H27N3O2. The maximum absolute atomic E-state index is 13.0. The molecule has 5 heteroatoms. The van der Waals surface area contributed by atoms with Gasteiger partial charge in [0.25, 0.3) is 0 Å². The number of carbonyl (C=O) groups excluding carboxylic acids is 1. The summed E-state index contributed by atoms with van der Waals surface area (Å²) < 4.78 is 5.76. The number of nitrogens with zero attached hydrogens (tertiary/aromatic N) is 2. The first-order valence-electron chi connectivity index (χ1n) is 10.5. The molecule has 0 saturated carbocycles. The Morgan fingerprint density at radius 1 is 1.00 bits per heavy atom. The van der Waals surface area contributed by atoms with E-state index in [0.717, 1.165) is 44.5 Å². The number of rotatable bonds is 7. The first kappa shape index (κ1) is 20.1. The van der Waals surface area contributed by atoms with Crippen LogP contribution in [-0.4, -0.2) is 34.9 Å². The lowest BCUT2D eigenvalue weighted by Gasteiger charge is -2.34. The van der Waals surface area contributed by atoms with Crippen LogP contribution in [0.25, 0.3) is 0 Å². The molecule has 1 amide bonds. The van der Waals surface area contributed by atoms with Crippen molar-refractivity contribution >= 4 is 11.6 Å². The smallest absolute Gasteiger partial charge is 0.241 e. The Kier molecular flexibility index (Phi) is 6.72. The van der Waals surface area contributed by atoms with E-state index in [1.165, 1.54) is 5.56 Å². The van der Waals surface area contributed by atoms with E-state index in [1.807, 2.05) is 42.5 Å². The van der Waals surface area contributed by atoms with E-state index in [9.17, 15) is 4.79 Å². The van der Waals surface area contributed by atoms with Gasteiger partial charge in [0, 0.05) is 18.4 Å². The Balaban J connectivity index is 1.34. The van der Waals surface area contributed by atoms with Gasteiger partial charge in [-0.15, -0.1) is 0 Å². The molecule has 3 aromatic rings. The Morgan fingerprint density at radius 2 is 1.83 bits per heavy atom. The number of ether oxygens (including phenoxy) is 1. The molecule has 0 spiro atoms. The monoisotopic (exact) mass is 401 g/mol. The fraction of sp³-hybridized carbons (Fsp3) is 0.280. The van der Waals surface area contributed by atoms with Crippen molar-refractivity contribution in [3.8, 4) is 11.5 Å². The minimum Gasteiger partial charge on any atom is -0.456 e. The van der Waals surface area contributed by atoms with Gasteiger partial charge in [-0.2, -0.15) is 0 Å². The quantitative estimate of drug-likeness (QED) is 0.611. The SMILES string of the molecule is O=C(Nc1ccc(Oc2cccnc2)cc1)[C@@H]1CCCCN1CCc1ccccc1. The molecule has 0 bridgehead atoms. The van der Waals surface area contributed by atoms with Crippen molar-refractivity contribution < 1.29 is 9.53 Å². The van der Waals surface area contributed by atoms with Crippen LogP contribution in [0.4, 0.5) is 5.69 Å². The van der Waals surface area contributed by atoms with Gasteiger partial charge >= 0.3 is 0 Å². The summed E-state index contributed by atoms with van der Waals surface area (Å²) in [7, 11) is 0. The van der Waals surface area contributed by atoms with Crippen LogP contribution in [0.2, 0.25) is 0 Å². The van der Waals surface area contributed by atoms with Gasteiger partial charge < -0.3 is 10.1 Å². The molecule has 1 saturated heterocycles.